The lowest BCUT2D eigenvalue weighted by Gasteiger charge is -2.01. The first kappa shape index (κ1) is 16.6. The van der Waals surface area contributed by atoms with Crippen molar-refractivity contribution < 1.29 is 4.79 Å². The molecule has 0 unspecified atom stereocenters. The first-order chi connectivity index (χ1) is 10.7. The van der Waals surface area contributed by atoms with Crippen molar-refractivity contribution in [3.63, 3.8) is 0 Å². The van der Waals surface area contributed by atoms with Gasteiger partial charge in [-0.05, 0) is 42.7 Å². The first-order valence-electron chi connectivity index (χ1n) is 6.97. The maximum absolute atomic E-state index is 11.6. The maximum Gasteiger partial charge on any atom is 0.250 e. The topological polar surface area (TPSA) is 41.5 Å². The summed E-state index contributed by atoms with van der Waals surface area (Å²) in [6.07, 6.45) is 3.45. The summed E-state index contributed by atoms with van der Waals surface area (Å²) in [5, 5.41) is 4.65. The Labute approximate surface area is 139 Å². The zero-order chi connectivity index (χ0) is 15.6. The number of nitrogens with zero attached hydrogens (tertiary/aromatic N) is 1. The Morgan fingerprint density at radius 3 is 2.59 bits per heavy atom. The predicted octanol–water partition coefficient (Wildman–Crippen LogP) is 4.17. The van der Waals surface area contributed by atoms with Gasteiger partial charge in [-0.15, -0.1) is 11.8 Å². The van der Waals surface area contributed by atoms with Crippen LogP contribution in [-0.4, -0.2) is 17.9 Å². The quantitative estimate of drug-likeness (QED) is 0.470. The van der Waals surface area contributed by atoms with E-state index in [4.69, 9.17) is 11.6 Å². The molecule has 0 aliphatic carbocycles. The molecule has 2 aromatic rings. The fourth-order valence-electron chi connectivity index (χ4n) is 1.77. The molecule has 0 bridgehead atoms. The number of rotatable bonds is 7. The zero-order valence-corrected chi connectivity index (χ0v) is 13.6. The molecule has 2 rings (SSSR count). The summed E-state index contributed by atoms with van der Waals surface area (Å²) < 4.78 is 0. The second kappa shape index (κ2) is 9.28. The minimum absolute atomic E-state index is 0.115. The molecule has 0 aliphatic heterocycles. The average Bonchev–Trinajstić information content (AvgIpc) is 2.55. The molecular formula is C17H17ClN2OS. The Kier molecular flexibility index (Phi) is 7.00. The standard InChI is InChI=1S/C17H17ClN2OS/c18-15-8-10-16(11-9-15)22-13-17(21)20-19-12-4-7-14-5-2-1-3-6-14/h1-3,5-6,8-12H,4,7,13H2,(H,20,21)/b19-12-. The molecule has 0 fully saturated rings. The van der Waals surface area contributed by atoms with Gasteiger partial charge in [0.15, 0.2) is 0 Å². The van der Waals surface area contributed by atoms with Crippen molar-refractivity contribution in [2.75, 3.05) is 5.75 Å². The Hall–Kier alpha value is -1.78. The number of aryl methyl sites for hydroxylation is 1. The van der Waals surface area contributed by atoms with Crippen LogP contribution in [0, 0.1) is 0 Å². The lowest BCUT2D eigenvalue weighted by atomic mass is 10.1. The number of carbonyl (C=O) groups excluding carboxylic acids is 1. The highest BCUT2D eigenvalue weighted by molar-refractivity contribution is 8.00. The summed E-state index contributed by atoms with van der Waals surface area (Å²) in [7, 11) is 0. The van der Waals surface area contributed by atoms with Gasteiger partial charge in [-0.1, -0.05) is 41.9 Å². The molecule has 22 heavy (non-hydrogen) atoms. The predicted molar refractivity (Wildman–Crippen MR) is 93.6 cm³/mol. The van der Waals surface area contributed by atoms with Crippen LogP contribution in [0.2, 0.25) is 5.02 Å². The summed E-state index contributed by atoms with van der Waals surface area (Å²) in [5.74, 6) is 0.216. The lowest BCUT2D eigenvalue weighted by Crippen LogP contribution is -2.19. The molecule has 1 N–H and O–H groups in total. The lowest BCUT2D eigenvalue weighted by molar-refractivity contribution is -0.118. The molecular weight excluding hydrogens is 316 g/mol. The molecule has 0 saturated heterocycles. The number of hydrogen-bond acceptors (Lipinski definition) is 3. The third-order valence-electron chi connectivity index (χ3n) is 2.87. The SMILES string of the molecule is O=C(CSc1ccc(Cl)cc1)N/N=C\CCc1ccccc1. The van der Waals surface area contributed by atoms with Crippen molar-refractivity contribution in [3.8, 4) is 0 Å². The number of carbonyl (C=O) groups is 1. The summed E-state index contributed by atoms with van der Waals surface area (Å²) in [4.78, 5) is 12.7. The van der Waals surface area contributed by atoms with Crippen molar-refractivity contribution in [2.45, 2.75) is 17.7 Å². The third kappa shape index (κ3) is 6.33. The van der Waals surface area contributed by atoms with Gasteiger partial charge in [-0.3, -0.25) is 4.79 Å². The number of halogens is 1. The van der Waals surface area contributed by atoms with Gasteiger partial charge in [0, 0.05) is 16.1 Å². The highest BCUT2D eigenvalue weighted by Crippen LogP contribution is 2.19. The van der Waals surface area contributed by atoms with E-state index in [-0.39, 0.29) is 5.91 Å². The number of nitrogens with one attached hydrogen (secondary N) is 1. The number of hydrogen-bond donors (Lipinski definition) is 1. The van der Waals surface area contributed by atoms with Crippen LogP contribution in [0.25, 0.3) is 0 Å². The van der Waals surface area contributed by atoms with E-state index in [0.717, 1.165) is 17.7 Å². The van der Waals surface area contributed by atoms with Crippen LogP contribution in [0.5, 0.6) is 0 Å². The molecule has 0 saturated carbocycles. The van der Waals surface area contributed by atoms with Gasteiger partial charge in [-0.25, -0.2) is 5.43 Å². The van der Waals surface area contributed by atoms with Crippen molar-refractivity contribution in [1.82, 2.24) is 5.43 Å². The van der Waals surface area contributed by atoms with E-state index in [1.54, 1.807) is 6.21 Å². The third-order valence-corrected chi connectivity index (χ3v) is 4.13. The Morgan fingerprint density at radius 2 is 1.86 bits per heavy atom. The van der Waals surface area contributed by atoms with Gasteiger partial charge in [0.1, 0.15) is 0 Å². The van der Waals surface area contributed by atoms with Crippen LogP contribution in [0.1, 0.15) is 12.0 Å². The number of benzene rings is 2. The molecule has 0 atom stereocenters. The number of hydrazone groups is 1. The van der Waals surface area contributed by atoms with E-state index in [2.05, 4.69) is 22.7 Å². The van der Waals surface area contributed by atoms with Gasteiger partial charge < -0.3 is 0 Å². The fraction of sp³-hybridized carbons (Fsp3) is 0.176. The first-order valence-corrected chi connectivity index (χ1v) is 8.33. The van der Waals surface area contributed by atoms with Gasteiger partial charge in [-0.2, -0.15) is 5.10 Å². The highest BCUT2D eigenvalue weighted by Gasteiger charge is 2.01. The van der Waals surface area contributed by atoms with E-state index < -0.39 is 0 Å². The molecule has 0 heterocycles. The van der Waals surface area contributed by atoms with Crippen molar-refractivity contribution >= 4 is 35.5 Å². The van der Waals surface area contributed by atoms with E-state index in [1.807, 2.05) is 42.5 Å². The fourth-order valence-corrected chi connectivity index (χ4v) is 2.59. The van der Waals surface area contributed by atoms with Gasteiger partial charge in [0.2, 0.25) is 5.91 Å². The maximum atomic E-state index is 11.6. The van der Waals surface area contributed by atoms with Crippen molar-refractivity contribution in [2.24, 2.45) is 5.10 Å². The Bertz CT molecular complexity index is 614. The van der Waals surface area contributed by atoms with E-state index >= 15 is 0 Å². The van der Waals surface area contributed by atoms with Crippen molar-refractivity contribution in [3.05, 3.63) is 65.2 Å². The largest absolute Gasteiger partial charge is 0.272 e. The molecule has 0 aliphatic rings. The molecule has 114 valence electrons. The molecule has 1 amide bonds. The second-order valence-corrected chi connectivity index (χ2v) is 6.10. The molecule has 2 aromatic carbocycles. The normalized spacial score (nSPS) is 10.8. The molecule has 5 heteroatoms. The van der Waals surface area contributed by atoms with Gasteiger partial charge >= 0.3 is 0 Å². The smallest absolute Gasteiger partial charge is 0.250 e. The Morgan fingerprint density at radius 1 is 1.14 bits per heavy atom. The number of amides is 1. The second-order valence-electron chi connectivity index (χ2n) is 4.61. The molecule has 3 nitrogen and oxygen atoms in total. The summed E-state index contributed by atoms with van der Waals surface area (Å²) in [5.41, 5.74) is 3.80. The van der Waals surface area contributed by atoms with Crippen LogP contribution in [-0.2, 0) is 11.2 Å². The van der Waals surface area contributed by atoms with Crippen LogP contribution in [0.3, 0.4) is 0 Å². The number of thioether (sulfide) groups is 1. The summed E-state index contributed by atoms with van der Waals surface area (Å²) in [6.45, 7) is 0. The molecule has 0 radical (unpaired) electrons. The highest BCUT2D eigenvalue weighted by atomic mass is 35.5. The van der Waals surface area contributed by atoms with E-state index in [0.29, 0.717) is 10.8 Å². The zero-order valence-electron chi connectivity index (χ0n) is 12.0. The van der Waals surface area contributed by atoms with E-state index in [1.165, 1.54) is 17.3 Å². The van der Waals surface area contributed by atoms with E-state index in [9.17, 15) is 4.79 Å². The van der Waals surface area contributed by atoms with Gasteiger partial charge in [0.25, 0.3) is 0 Å². The monoisotopic (exact) mass is 332 g/mol. The average molecular weight is 333 g/mol. The summed E-state index contributed by atoms with van der Waals surface area (Å²) in [6, 6.07) is 17.6. The molecule has 0 spiro atoms. The Balaban J connectivity index is 1.63. The van der Waals surface area contributed by atoms with Crippen LogP contribution in [0.4, 0.5) is 0 Å². The summed E-state index contributed by atoms with van der Waals surface area (Å²) >= 11 is 7.26. The minimum Gasteiger partial charge on any atom is -0.272 e. The minimum atomic E-state index is -0.115. The van der Waals surface area contributed by atoms with Crippen molar-refractivity contribution in [1.29, 1.82) is 0 Å². The molecule has 0 aromatic heterocycles. The van der Waals surface area contributed by atoms with Crippen LogP contribution >= 0.6 is 23.4 Å². The van der Waals surface area contributed by atoms with Crippen LogP contribution in [0.15, 0.2) is 64.6 Å². The van der Waals surface area contributed by atoms with Crippen LogP contribution < -0.4 is 5.43 Å². The van der Waals surface area contributed by atoms with Gasteiger partial charge in [0.05, 0.1) is 5.75 Å².